The number of amides is 3. The number of aromatic nitrogens is 2. The van der Waals surface area contributed by atoms with Gasteiger partial charge in [-0.3, -0.25) is 20.2 Å². The van der Waals surface area contributed by atoms with Crippen LogP contribution in [0.3, 0.4) is 0 Å². The molecule has 55 heavy (non-hydrogen) atoms. The van der Waals surface area contributed by atoms with Crippen LogP contribution < -0.4 is 10.6 Å². The van der Waals surface area contributed by atoms with E-state index in [2.05, 4.69) is 44.0 Å². The fraction of sp³-hybridized carbons (Fsp3) is 0.279. The fourth-order valence-corrected chi connectivity index (χ4v) is 9.08. The lowest BCUT2D eigenvalue weighted by Crippen LogP contribution is -2.53. The summed E-state index contributed by atoms with van der Waals surface area (Å²) in [5.74, 6) is -1.59. The second kappa shape index (κ2) is 14.0. The van der Waals surface area contributed by atoms with Crippen LogP contribution in [0, 0.1) is 11.6 Å². The number of urea groups is 1. The molecule has 0 aliphatic carbocycles. The van der Waals surface area contributed by atoms with Crippen LogP contribution in [0.5, 0.6) is 0 Å². The maximum absolute atomic E-state index is 13.3. The number of hydrogen-bond donors (Lipinski definition) is 3. The van der Waals surface area contributed by atoms with Crippen molar-refractivity contribution in [2.24, 2.45) is 0 Å². The summed E-state index contributed by atoms with van der Waals surface area (Å²) in [4.78, 5) is 38.2. The van der Waals surface area contributed by atoms with Crippen molar-refractivity contribution < 1.29 is 28.3 Å². The molecular weight excluding hydrogens is 724 g/mol. The Hall–Kier alpha value is -5.52. The summed E-state index contributed by atoms with van der Waals surface area (Å²) >= 11 is 0. The largest absolute Gasteiger partial charge is 0.480 e. The first-order valence-electron chi connectivity index (χ1n) is 18.0. The standard InChI is InChI=1S/C22H20FN3O2.C21H21FN2O2.ClH/c1-22(2)18-15-5-3-4-6-16(15)25(11-13-7-9-14(23)10-8-13)17(18)12-26-19(22)20(27)24-21(26)28;1-21(2)18-15-5-3-4-6-16(15)24(12-13-7-9-14(22)10-8-13)17(18)11-23-19(21)20(25)26;/h3-10,19H,11-12H2,1-2H3,(H,24,27,28);3-10,19,23H,11-12H2,1-2H3,(H,25,26);1H. The zero-order valence-electron chi connectivity index (χ0n) is 30.9. The van der Waals surface area contributed by atoms with Gasteiger partial charge in [0.25, 0.3) is 5.91 Å². The third-order valence-electron chi connectivity index (χ3n) is 11.5. The Kier molecular flexibility index (Phi) is 9.59. The van der Waals surface area contributed by atoms with Crippen LogP contribution in [0.25, 0.3) is 21.8 Å². The predicted octanol–water partition coefficient (Wildman–Crippen LogP) is 7.62. The summed E-state index contributed by atoms with van der Waals surface area (Å²) in [6.45, 7) is 10.1. The Morgan fingerprint density at radius 2 is 1.20 bits per heavy atom. The smallest absolute Gasteiger partial charge is 0.325 e. The number of carbonyl (C=O) groups excluding carboxylic acids is 2. The number of imide groups is 1. The number of nitrogens with one attached hydrogen (secondary N) is 2. The first kappa shape index (κ1) is 37.8. The van der Waals surface area contributed by atoms with Crippen LogP contribution >= 0.6 is 12.4 Å². The summed E-state index contributed by atoms with van der Waals surface area (Å²) in [5, 5.41) is 17.5. The highest BCUT2D eigenvalue weighted by Gasteiger charge is 2.53. The van der Waals surface area contributed by atoms with Crippen LogP contribution in [-0.4, -0.2) is 49.1 Å². The number of fused-ring (bicyclic) bond motifs is 7. The molecule has 3 amide bonds. The maximum atomic E-state index is 13.3. The topological polar surface area (TPSA) is 109 Å². The molecule has 1 saturated heterocycles. The van der Waals surface area contributed by atoms with Gasteiger partial charge < -0.3 is 19.1 Å². The quantitative estimate of drug-likeness (QED) is 0.157. The van der Waals surface area contributed by atoms with Crippen molar-refractivity contribution >= 4 is 52.1 Å². The van der Waals surface area contributed by atoms with Crippen LogP contribution in [0.15, 0.2) is 97.1 Å². The summed E-state index contributed by atoms with van der Waals surface area (Å²) in [6.07, 6.45) is 0. The molecule has 6 aromatic rings. The van der Waals surface area contributed by atoms with E-state index in [9.17, 15) is 28.3 Å². The number of nitrogens with zero attached hydrogens (tertiary/aromatic N) is 3. The SMILES string of the molecule is CC1(C)c2c(n(Cc3ccc(F)cc3)c3ccccc23)CN2C(=O)NC(=O)C21.CC1(C)c2c(n(Cc3ccc(F)cc3)c3ccccc23)CNC1C(=O)O.Cl. The van der Waals surface area contributed by atoms with Gasteiger partial charge in [0.1, 0.15) is 23.7 Å². The Labute approximate surface area is 323 Å². The molecule has 3 N–H and O–H groups in total. The molecule has 3 aliphatic heterocycles. The Balaban J connectivity index is 0.000000167. The van der Waals surface area contributed by atoms with Gasteiger partial charge in [-0.2, -0.15) is 0 Å². The van der Waals surface area contributed by atoms with Crippen molar-refractivity contribution in [1.29, 1.82) is 0 Å². The zero-order valence-corrected chi connectivity index (χ0v) is 31.7. The van der Waals surface area contributed by atoms with Crippen molar-refractivity contribution in [3.05, 3.63) is 142 Å². The number of rotatable bonds is 5. The Bertz CT molecular complexity index is 2470. The summed E-state index contributed by atoms with van der Waals surface area (Å²) in [7, 11) is 0. The van der Waals surface area contributed by atoms with E-state index in [0.29, 0.717) is 26.2 Å². The lowest BCUT2D eigenvalue weighted by molar-refractivity contribution is -0.141. The van der Waals surface area contributed by atoms with Gasteiger partial charge in [-0.15, -0.1) is 12.4 Å². The molecule has 3 aliphatic rings. The third kappa shape index (κ3) is 6.25. The molecule has 284 valence electrons. The number of hydrogen-bond acceptors (Lipinski definition) is 4. The van der Waals surface area contributed by atoms with Gasteiger partial charge in [-0.1, -0.05) is 88.4 Å². The monoisotopic (exact) mass is 765 g/mol. The highest BCUT2D eigenvalue weighted by Crippen LogP contribution is 2.46. The van der Waals surface area contributed by atoms with Crippen molar-refractivity contribution in [1.82, 2.24) is 24.7 Å². The molecule has 0 radical (unpaired) electrons. The molecule has 4 aromatic carbocycles. The van der Waals surface area contributed by atoms with Crippen LogP contribution in [0.2, 0.25) is 0 Å². The molecule has 12 heteroatoms. The van der Waals surface area contributed by atoms with Crippen molar-refractivity contribution in [2.75, 3.05) is 0 Å². The van der Waals surface area contributed by atoms with E-state index < -0.39 is 28.9 Å². The van der Waals surface area contributed by atoms with E-state index in [1.54, 1.807) is 29.2 Å². The number of carboxylic acids is 1. The molecule has 9 nitrogen and oxygen atoms in total. The summed E-state index contributed by atoms with van der Waals surface area (Å²) in [6, 6.07) is 27.7. The van der Waals surface area contributed by atoms with E-state index >= 15 is 0 Å². The van der Waals surface area contributed by atoms with E-state index in [1.807, 2.05) is 52.0 Å². The van der Waals surface area contributed by atoms with Crippen molar-refractivity contribution in [2.45, 2.75) is 76.8 Å². The van der Waals surface area contributed by atoms with Gasteiger partial charge >= 0.3 is 12.0 Å². The van der Waals surface area contributed by atoms with Crippen LogP contribution in [-0.2, 0) is 46.6 Å². The van der Waals surface area contributed by atoms with Gasteiger partial charge in [-0.25, -0.2) is 13.6 Å². The minimum Gasteiger partial charge on any atom is -0.480 e. The first-order chi connectivity index (χ1) is 25.8. The minimum absolute atomic E-state index is 0. The molecule has 2 atom stereocenters. The number of benzene rings is 4. The highest BCUT2D eigenvalue weighted by atomic mass is 35.5. The normalized spacial score (nSPS) is 19.1. The zero-order chi connectivity index (χ0) is 38.1. The number of para-hydroxylation sites is 2. The van der Waals surface area contributed by atoms with E-state index in [0.717, 1.165) is 55.4 Å². The molecule has 2 unspecified atom stereocenters. The number of carbonyl (C=O) groups is 3. The predicted molar refractivity (Wildman–Crippen MR) is 209 cm³/mol. The second-order valence-corrected chi connectivity index (χ2v) is 15.5. The van der Waals surface area contributed by atoms with E-state index in [-0.39, 0.29) is 36.0 Å². The average molecular weight is 766 g/mol. The van der Waals surface area contributed by atoms with Crippen LogP contribution in [0.1, 0.15) is 61.3 Å². The summed E-state index contributed by atoms with van der Waals surface area (Å²) in [5.41, 5.74) is 7.35. The van der Waals surface area contributed by atoms with Gasteiger partial charge in [0.05, 0.1) is 6.54 Å². The molecular formula is C43H42ClF2N5O4. The lowest BCUT2D eigenvalue weighted by Gasteiger charge is -2.41. The fourth-order valence-electron chi connectivity index (χ4n) is 9.08. The van der Waals surface area contributed by atoms with Gasteiger partial charge in [0.15, 0.2) is 0 Å². The van der Waals surface area contributed by atoms with Crippen LogP contribution in [0.4, 0.5) is 13.6 Å². The summed E-state index contributed by atoms with van der Waals surface area (Å²) < 4.78 is 31.0. The van der Waals surface area contributed by atoms with Gasteiger partial charge in [0.2, 0.25) is 0 Å². The molecule has 5 heterocycles. The molecule has 9 rings (SSSR count). The van der Waals surface area contributed by atoms with Gasteiger partial charge in [0, 0.05) is 63.7 Å². The molecule has 2 aromatic heterocycles. The van der Waals surface area contributed by atoms with Gasteiger partial charge in [-0.05, 0) is 58.7 Å². The van der Waals surface area contributed by atoms with Crippen molar-refractivity contribution in [3.63, 3.8) is 0 Å². The molecule has 0 saturated carbocycles. The molecule has 1 fully saturated rings. The number of aliphatic carboxylic acids is 1. The number of halogens is 3. The van der Waals surface area contributed by atoms with E-state index in [1.165, 1.54) is 24.3 Å². The Morgan fingerprint density at radius 3 is 1.71 bits per heavy atom. The lowest BCUT2D eigenvalue weighted by atomic mass is 9.73. The second-order valence-electron chi connectivity index (χ2n) is 15.5. The average Bonchev–Trinajstić information content (AvgIpc) is 3.74. The number of carboxylic acid groups (broad SMARTS) is 1. The molecule has 0 spiro atoms. The van der Waals surface area contributed by atoms with E-state index in [4.69, 9.17) is 0 Å². The Morgan fingerprint density at radius 1 is 0.727 bits per heavy atom. The van der Waals surface area contributed by atoms with Crippen molar-refractivity contribution in [3.8, 4) is 0 Å². The first-order valence-corrected chi connectivity index (χ1v) is 18.0. The molecule has 0 bridgehead atoms. The highest BCUT2D eigenvalue weighted by molar-refractivity contribution is 6.06. The maximum Gasteiger partial charge on any atom is 0.325 e. The minimum atomic E-state index is -0.837. The third-order valence-corrected chi connectivity index (χ3v) is 11.5.